The second kappa shape index (κ2) is 9.50. The summed E-state index contributed by atoms with van der Waals surface area (Å²) in [5.41, 5.74) is 3.53. The second-order valence-corrected chi connectivity index (χ2v) is 8.28. The van der Waals surface area contributed by atoms with Crippen molar-refractivity contribution in [3.8, 4) is 0 Å². The van der Waals surface area contributed by atoms with E-state index < -0.39 is 12.0 Å². The normalized spacial score (nSPS) is 12.2. The fraction of sp³-hybridized carbons (Fsp3) is 0.375. The first-order valence-electron chi connectivity index (χ1n) is 9.69. The minimum atomic E-state index is -0.538. The van der Waals surface area contributed by atoms with Crippen LogP contribution in [-0.4, -0.2) is 24.3 Å². The summed E-state index contributed by atoms with van der Waals surface area (Å²) in [6.45, 7) is 9.35. The van der Waals surface area contributed by atoms with Gasteiger partial charge in [-0.2, -0.15) is 0 Å². The van der Waals surface area contributed by atoms with Gasteiger partial charge in [0.15, 0.2) is 12.4 Å². The third kappa shape index (κ3) is 6.86. The Balaban J connectivity index is 1.96. The number of ketones is 1. The molecule has 5 nitrogen and oxygen atoms in total. The Morgan fingerprint density at radius 1 is 0.966 bits per heavy atom. The van der Waals surface area contributed by atoms with Gasteiger partial charge in [-0.25, -0.2) is 0 Å². The molecular formula is C24H29NO4. The summed E-state index contributed by atoms with van der Waals surface area (Å²) < 4.78 is 5.17. The van der Waals surface area contributed by atoms with Crippen LogP contribution in [0, 0.1) is 6.92 Å². The monoisotopic (exact) mass is 395 g/mol. The summed E-state index contributed by atoms with van der Waals surface area (Å²) in [7, 11) is 0. The van der Waals surface area contributed by atoms with Crippen LogP contribution in [0.4, 0.5) is 0 Å². The number of hydrogen-bond acceptors (Lipinski definition) is 4. The number of rotatable bonds is 7. The SMILES string of the molecule is CC(=O)NC(CC(=O)OCC(=O)c1ccc(C(C)(C)C)cc1)c1ccc(C)cc1. The number of carbonyl (C=O) groups excluding carboxylic acids is 3. The third-order valence-corrected chi connectivity index (χ3v) is 4.67. The average molecular weight is 395 g/mol. The molecule has 0 aliphatic heterocycles. The quantitative estimate of drug-likeness (QED) is 0.561. The van der Waals surface area contributed by atoms with Crippen LogP contribution in [0.1, 0.15) is 67.2 Å². The number of carbonyl (C=O) groups is 3. The van der Waals surface area contributed by atoms with E-state index in [1.165, 1.54) is 6.92 Å². The standard InChI is InChI=1S/C24H29NO4/c1-16-6-8-18(9-7-16)21(25-17(2)26)14-23(28)29-15-22(27)19-10-12-20(13-11-19)24(3,4)5/h6-13,21H,14-15H2,1-5H3,(H,25,26). The number of esters is 1. The molecule has 0 bridgehead atoms. The van der Waals surface area contributed by atoms with Gasteiger partial charge in [0.05, 0.1) is 12.5 Å². The molecular weight excluding hydrogens is 366 g/mol. The molecule has 2 aromatic rings. The molecule has 1 amide bonds. The minimum absolute atomic E-state index is 0.00272. The predicted molar refractivity (Wildman–Crippen MR) is 113 cm³/mol. The van der Waals surface area contributed by atoms with E-state index in [9.17, 15) is 14.4 Å². The van der Waals surface area contributed by atoms with Crippen LogP contribution in [0.15, 0.2) is 48.5 Å². The Labute approximate surface area is 172 Å². The van der Waals surface area contributed by atoms with E-state index in [0.717, 1.165) is 16.7 Å². The lowest BCUT2D eigenvalue weighted by atomic mass is 9.86. The van der Waals surface area contributed by atoms with E-state index in [4.69, 9.17) is 4.74 Å². The second-order valence-electron chi connectivity index (χ2n) is 8.28. The first-order chi connectivity index (χ1) is 13.6. The van der Waals surface area contributed by atoms with Gasteiger partial charge in [0.1, 0.15) is 0 Å². The van der Waals surface area contributed by atoms with Crippen molar-refractivity contribution in [2.45, 2.75) is 52.5 Å². The highest BCUT2D eigenvalue weighted by molar-refractivity contribution is 5.98. The number of aryl methyl sites for hydroxylation is 1. The van der Waals surface area contributed by atoms with Crippen LogP contribution in [-0.2, 0) is 19.7 Å². The summed E-state index contributed by atoms with van der Waals surface area (Å²) >= 11 is 0. The number of benzene rings is 2. The Hall–Kier alpha value is -2.95. The van der Waals surface area contributed by atoms with E-state index in [1.807, 2.05) is 43.3 Å². The maximum atomic E-state index is 12.3. The van der Waals surface area contributed by atoms with Crippen molar-refractivity contribution in [3.63, 3.8) is 0 Å². The molecule has 2 aromatic carbocycles. The molecule has 5 heteroatoms. The molecule has 0 fully saturated rings. The Kier molecular flexibility index (Phi) is 7.32. The molecule has 0 aromatic heterocycles. The fourth-order valence-corrected chi connectivity index (χ4v) is 2.91. The number of nitrogens with one attached hydrogen (secondary N) is 1. The van der Waals surface area contributed by atoms with Gasteiger partial charge < -0.3 is 10.1 Å². The van der Waals surface area contributed by atoms with Crippen LogP contribution < -0.4 is 5.32 Å². The van der Waals surface area contributed by atoms with Gasteiger partial charge in [0.2, 0.25) is 5.91 Å². The minimum Gasteiger partial charge on any atom is -0.457 e. The van der Waals surface area contributed by atoms with E-state index >= 15 is 0 Å². The van der Waals surface area contributed by atoms with Gasteiger partial charge in [-0.05, 0) is 23.5 Å². The fourth-order valence-electron chi connectivity index (χ4n) is 2.91. The highest BCUT2D eigenvalue weighted by Crippen LogP contribution is 2.22. The zero-order chi connectivity index (χ0) is 21.6. The maximum Gasteiger partial charge on any atom is 0.308 e. The summed E-state index contributed by atoms with van der Waals surface area (Å²) in [4.78, 5) is 36.1. The molecule has 1 N–H and O–H groups in total. The van der Waals surface area contributed by atoms with Gasteiger partial charge >= 0.3 is 5.97 Å². The van der Waals surface area contributed by atoms with Gasteiger partial charge in [-0.1, -0.05) is 74.9 Å². The van der Waals surface area contributed by atoms with Crippen LogP contribution in [0.2, 0.25) is 0 Å². The van der Waals surface area contributed by atoms with Crippen molar-refractivity contribution in [3.05, 3.63) is 70.8 Å². The lowest BCUT2D eigenvalue weighted by molar-refractivity contribution is -0.143. The topological polar surface area (TPSA) is 72.5 Å². The van der Waals surface area contributed by atoms with E-state index in [2.05, 4.69) is 26.1 Å². The van der Waals surface area contributed by atoms with Crippen molar-refractivity contribution in [2.75, 3.05) is 6.61 Å². The summed E-state index contributed by atoms with van der Waals surface area (Å²) in [6.07, 6.45) is -0.0428. The maximum absolute atomic E-state index is 12.3. The van der Waals surface area contributed by atoms with Crippen molar-refractivity contribution in [1.29, 1.82) is 0 Å². The molecule has 0 heterocycles. The van der Waals surface area contributed by atoms with Gasteiger partial charge in [-0.15, -0.1) is 0 Å². The molecule has 0 aliphatic rings. The molecule has 0 aliphatic carbocycles. The van der Waals surface area contributed by atoms with Crippen LogP contribution >= 0.6 is 0 Å². The Morgan fingerprint density at radius 3 is 2.07 bits per heavy atom. The first-order valence-corrected chi connectivity index (χ1v) is 9.69. The van der Waals surface area contributed by atoms with Crippen molar-refractivity contribution < 1.29 is 19.1 Å². The largest absolute Gasteiger partial charge is 0.457 e. The Bertz CT molecular complexity index is 861. The molecule has 0 saturated carbocycles. The van der Waals surface area contributed by atoms with E-state index in [-0.39, 0.29) is 30.1 Å². The summed E-state index contributed by atoms with van der Waals surface area (Å²) in [5, 5.41) is 2.76. The smallest absolute Gasteiger partial charge is 0.308 e. The van der Waals surface area contributed by atoms with Crippen molar-refractivity contribution in [2.24, 2.45) is 0 Å². The number of amides is 1. The molecule has 29 heavy (non-hydrogen) atoms. The van der Waals surface area contributed by atoms with E-state index in [0.29, 0.717) is 5.56 Å². The molecule has 1 unspecified atom stereocenters. The average Bonchev–Trinajstić information content (AvgIpc) is 2.65. The van der Waals surface area contributed by atoms with Crippen molar-refractivity contribution >= 4 is 17.7 Å². The molecule has 0 radical (unpaired) electrons. The summed E-state index contributed by atoms with van der Waals surface area (Å²) in [6, 6.07) is 14.4. The number of ether oxygens (including phenoxy) is 1. The lowest BCUT2D eigenvalue weighted by Gasteiger charge is -2.19. The molecule has 0 spiro atoms. The highest BCUT2D eigenvalue weighted by Gasteiger charge is 2.20. The summed E-state index contributed by atoms with van der Waals surface area (Å²) in [5.74, 6) is -1.03. The molecule has 2 rings (SSSR count). The lowest BCUT2D eigenvalue weighted by Crippen LogP contribution is -2.29. The van der Waals surface area contributed by atoms with Crippen LogP contribution in [0.25, 0.3) is 0 Å². The predicted octanol–water partition coefficient (Wildman–Crippen LogP) is 4.29. The van der Waals surface area contributed by atoms with Crippen molar-refractivity contribution in [1.82, 2.24) is 5.32 Å². The number of hydrogen-bond donors (Lipinski definition) is 1. The zero-order valence-electron chi connectivity index (χ0n) is 17.7. The van der Waals surface area contributed by atoms with Gasteiger partial charge in [-0.3, -0.25) is 14.4 Å². The van der Waals surface area contributed by atoms with E-state index in [1.54, 1.807) is 12.1 Å². The van der Waals surface area contributed by atoms with Crippen LogP contribution in [0.3, 0.4) is 0 Å². The molecule has 154 valence electrons. The van der Waals surface area contributed by atoms with Gasteiger partial charge in [0, 0.05) is 12.5 Å². The first kappa shape index (κ1) is 22.3. The zero-order valence-corrected chi connectivity index (χ0v) is 17.7. The number of Topliss-reactive ketones (excluding diaryl/α,β-unsaturated/α-hetero) is 1. The molecule has 0 saturated heterocycles. The third-order valence-electron chi connectivity index (χ3n) is 4.67. The highest BCUT2D eigenvalue weighted by atomic mass is 16.5. The molecule has 1 atom stereocenters. The van der Waals surface area contributed by atoms with Crippen LogP contribution in [0.5, 0.6) is 0 Å². The van der Waals surface area contributed by atoms with Gasteiger partial charge in [0.25, 0.3) is 0 Å². The Morgan fingerprint density at radius 2 is 1.55 bits per heavy atom.